The summed E-state index contributed by atoms with van der Waals surface area (Å²) in [6.07, 6.45) is 7.56. The number of carbonyl (C=O) groups is 2. The van der Waals surface area contributed by atoms with Crippen molar-refractivity contribution < 1.29 is 9.59 Å². The second kappa shape index (κ2) is 9.52. The van der Waals surface area contributed by atoms with Crippen LogP contribution in [0.4, 0.5) is 5.69 Å². The SMILES string of the molecule is Cc1cccc(NC(=O)Cn2cc(/C=C(/C#N)C(=O)NC3CCCC3)c3ccccc32)c1. The summed E-state index contributed by atoms with van der Waals surface area (Å²) in [6, 6.07) is 17.5. The zero-order valence-corrected chi connectivity index (χ0v) is 18.1. The van der Waals surface area contributed by atoms with Crippen molar-refractivity contribution in [3.8, 4) is 6.07 Å². The Morgan fingerprint density at radius 2 is 1.94 bits per heavy atom. The van der Waals surface area contributed by atoms with Gasteiger partial charge in [0, 0.05) is 34.4 Å². The van der Waals surface area contributed by atoms with Crippen molar-refractivity contribution in [1.29, 1.82) is 5.26 Å². The first-order chi connectivity index (χ1) is 15.5. The Labute approximate surface area is 187 Å². The molecule has 2 N–H and O–H groups in total. The van der Waals surface area contributed by atoms with Gasteiger partial charge in [-0.15, -0.1) is 0 Å². The molecule has 4 rings (SSSR count). The lowest BCUT2D eigenvalue weighted by atomic mass is 10.1. The Morgan fingerprint density at radius 1 is 1.16 bits per heavy atom. The van der Waals surface area contributed by atoms with Crippen LogP contribution < -0.4 is 10.6 Å². The lowest BCUT2D eigenvalue weighted by molar-refractivity contribution is -0.118. The van der Waals surface area contributed by atoms with E-state index in [1.54, 1.807) is 6.08 Å². The number of aryl methyl sites for hydroxylation is 1. The number of nitriles is 1. The molecule has 2 aromatic carbocycles. The highest BCUT2D eigenvalue weighted by Gasteiger charge is 2.20. The Balaban J connectivity index is 1.57. The Kier molecular flexibility index (Phi) is 6.37. The molecule has 0 radical (unpaired) electrons. The van der Waals surface area contributed by atoms with Crippen LogP contribution in [0, 0.1) is 18.3 Å². The highest BCUT2D eigenvalue weighted by Crippen LogP contribution is 2.24. The van der Waals surface area contributed by atoms with Crippen molar-refractivity contribution in [2.75, 3.05) is 5.32 Å². The second-order valence-electron chi connectivity index (χ2n) is 8.27. The minimum atomic E-state index is -0.339. The van der Waals surface area contributed by atoms with Gasteiger partial charge in [-0.1, -0.05) is 43.2 Å². The molecule has 32 heavy (non-hydrogen) atoms. The van der Waals surface area contributed by atoms with Crippen LogP contribution in [0.5, 0.6) is 0 Å². The molecular formula is C26H26N4O2. The standard InChI is InChI=1S/C26H26N4O2/c1-18-7-6-10-22(13-18)28-25(31)17-30-16-20(23-11-4-5-12-24(23)30)14-19(15-27)26(32)29-21-8-2-3-9-21/h4-7,10-14,16,21H,2-3,8-9,17H2,1H3,(H,28,31)(H,29,32)/b19-14-. The van der Waals surface area contributed by atoms with Crippen molar-refractivity contribution in [3.05, 3.63) is 71.4 Å². The molecule has 6 heteroatoms. The third-order valence-corrected chi connectivity index (χ3v) is 5.79. The van der Waals surface area contributed by atoms with Crippen molar-refractivity contribution >= 4 is 34.5 Å². The fourth-order valence-electron chi connectivity index (χ4n) is 4.24. The molecule has 162 valence electrons. The number of hydrogen-bond acceptors (Lipinski definition) is 3. The molecule has 1 heterocycles. The lowest BCUT2D eigenvalue weighted by Gasteiger charge is -2.10. The minimum Gasteiger partial charge on any atom is -0.349 e. The number of anilines is 1. The quantitative estimate of drug-likeness (QED) is 0.448. The topological polar surface area (TPSA) is 86.9 Å². The summed E-state index contributed by atoms with van der Waals surface area (Å²) < 4.78 is 1.84. The summed E-state index contributed by atoms with van der Waals surface area (Å²) in [6.45, 7) is 2.10. The molecule has 1 aromatic heterocycles. The summed E-state index contributed by atoms with van der Waals surface area (Å²) >= 11 is 0. The second-order valence-corrected chi connectivity index (χ2v) is 8.27. The molecule has 0 saturated heterocycles. The van der Waals surface area contributed by atoms with Crippen LogP contribution in [0.25, 0.3) is 17.0 Å². The van der Waals surface area contributed by atoms with Crippen LogP contribution >= 0.6 is 0 Å². The van der Waals surface area contributed by atoms with Crippen molar-refractivity contribution in [2.45, 2.75) is 45.2 Å². The number of nitrogens with one attached hydrogen (secondary N) is 2. The molecule has 0 aliphatic heterocycles. The highest BCUT2D eigenvalue weighted by atomic mass is 16.2. The summed E-state index contributed by atoms with van der Waals surface area (Å²) in [4.78, 5) is 25.3. The van der Waals surface area contributed by atoms with E-state index >= 15 is 0 Å². The van der Waals surface area contributed by atoms with Crippen molar-refractivity contribution in [2.24, 2.45) is 0 Å². The predicted octanol–water partition coefficient (Wildman–Crippen LogP) is 4.55. The van der Waals surface area contributed by atoms with Gasteiger partial charge in [-0.3, -0.25) is 9.59 Å². The summed E-state index contributed by atoms with van der Waals surface area (Å²) in [7, 11) is 0. The molecular weight excluding hydrogens is 400 g/mol. The van der Waals surface area contributed by atoms with Gasteiger partial charge in [-0.2, -0.15) is 5.26 Å². The Morgan fingerprint density at radius 3 is 2.69 bits per heavy atom. The maximum atomic E-state index is 12.7. The summed E-state index contributed by atoms with van der Waals surface area (Å²) in [5.41, 5.74) is 3.50. The lowest BCUT2D eigenvalue weighted by Crippen LogP contribution is -2.33. The first-order valence-electron chi connectivity index (χ1n) is 10.9. The van der Waals surface area contributed by atoms with E-state index in [1.807, 2.05) is 72.3 Å². The maximum absolute atomic E-state index is 12.7. The van der Waals surface area contributed by atoms with Gasteiger partial charge in [0.05, 0.1) is 0 Å². The number of benzene rings is 2. The Hall–Kier alpha value is -3.85. The fraction of sp³-hybridized carbons (Fsp3) is 0.269. The van der Waals surface area contributed by atoms with E-state index < -0.39 is 0 Å². The Bertz CT molecular complexity index is 1230. The maximum Gasteiger partial charge on any atom is 0.262 e. The molecule has 1 saturated carbocycles. The molecule has 1 fully saturated rings. The molecule has 1 aliphatic carbocycles. The summed E-state index contributed by atoms with van der Waals surface area (Å²) in [5, 5.41) is 16.4. The van der Waals surface area contributed by atoms with Crippen LogP contribution in [0.15, 0.2) is 60.3 Å². The van der Waals surface area contributed by atoms with Gasteiger partial charge in [0.2, 0.25) is 5.91 Å². The van der Waals surface area contributed by atoms with E-state index in [9.17, 15) is 14.9 Å². The number of hydrogen-bond donors (Lipinski definition) is 2. The van der Waals surface area contributed by atoms with Gasteiger partial charge < -0.3 is 15.2 Å². The highest BCUT2D eigenvalue weighted by molar-refractivity contribution is 6.04. The largest absolute Gasteiger partial charge is 0.349 e. The molecule has 0 spiro atoms. The third-order valence-electron chi connectivity index (χ3n) is 5.79. The average molecular weight is 427 g/mol. The number of fused-ring (bicyclic) bond motifs is 1. The summed E-state index contributed by atoms with van der Waals surface area (Å²) in [5.74, 6) is -0.486. The number of aromatic nitrogens is 1. The van der Waals surface area contributed by atoms with Crippen LogP contribution in [0.2, 0.25) is 0 Å². The molecule has 0 unspecified atom stereocenters. The van der Waals surface area contributed by atoms with Crippen LogP contribution in [-0.2, 0) is 16.1 Å². The molecule has 2 amide bonds. The van der Waals surface area contributed by atoms with E-state index in [2.05, 4.69) is 10.6 Å². The molecule has 3 aromatic rings. The normalized spacial score (nSPS) is 14.3. The van der Waals surface area contributed by atoms with Gasteiger partial charge in [0.25, 0.3) is 5.91 Å². The predicted molar refractivity (Wildman–Crippen MR) is 126 cm³/mol. The van der Waals surface area contributed by atoms with E-state index in [0.29, 0.717) is 0 Å². The minimum absolute atomic E-state index is 0.0732. The fourth-order valence-corrected chi connectivity index (χ4v) is 4.24. The van der Waals surface area contributed by atoms with E-state index in [0.717, 1.165) is 53.4 Å². The number of carbonyl (C=O) groups excluding carboxylic acids is 2. The van der Waals surface area contributed by atoms with Gasteiger partial charge in [0.1, 0.15) is 18.2 Å². The van der Waals surface area contributed by atoms with Gasteiger partial charge in [0.15, 0.2) is 0 Å². The van der Waals surface area contributed by atoms with E-state index in [1.165, 1.54) is 0 Å². The number of nitrogens with zero attached hydrogens (tertiary/aromatic N) is 2. The smallest absolute Gasteiger partial charge is 0.262 e. The van der Waals surface area contributed by atoms with E-state index in [-0.39, 0.29) is 30.0 Å². The zero-order chi connectivity index (χ0) is 22.5. The average Bonchev–Trinajstić information content (AvgIpc) is 3.40. The van der Waals surface area contributed by atoms with Gasteiger partial charge >= 0.3 is 0 Å². The van der Waals surface area contributed by atoms with Crippen molar-refractivity contribution in [1.82, 2.24) is 9.88 Å². The number of amides is 2. The van der Waals surface area contributed by atoms with Crippen LogP contribution in [-0.4, -0.2) is 22.4 Å². The number of para-hydroxylation sites is 1. The molecule has 6 nitrogen and oxygen atoms in total. The van der Waals surface area contributed by atoms with Crippen LogP contribution in [0.3, 0.4) is 0 Å². The van der Waals surface area contributed by atoms with Gasteiger partial charge in [-0.25, -0.2) is 0 Å². The molecule has 0 bridgehead atoms. The monoisotopic (exact) mass is 426 g/mol. The molecule has 1 aliphatic rings. The van der Waals surface area contributed by atoms with Crippen LogP contribution in [0.1, 0.15) is 36.8 Å². The van der Waals surface area contributed by atoms with Gasteiger partial charge in [-0.05, 0) is 49.6 Å². The number of rotatable bonds is 6. The first-order valence-corrected chi connectivity index (χ1v) is 10.9. The zero-order valence-electron chi connectivity index (χ0n) is 18.1. The third kappa shape index (κ3) is 4.89. The van der Waals surface area contributed by atoms with Crippen molar-refractivity contribution in [3.63, 3.8) is 0 Å². The van der Waals surface area contributed by atoms with E-state index in [4.69, 9.17) is 0 Å². The first kappa shape index (κ1) is 21.4. The molecule has 0 atom stereocenters.